The van der Waals surface area contributed by atoms with Crippen LogP contribution in [-0.4, -0.2) is 52.4 Å². The van der Waals surface area contributed by atoms with Crippen LogP contribution in [0.3, 0.4) is 0 Å². The molecule has 4 aliphatic carbocycles. The number of hydrogen-bond acceptors (Lipinski definition) is 5. The number of rotatable bonds is 5. The van der Waals surface area contributed by atoms with Crippen molar-refractivity contribution in [2.24, 2.45) is 30.2 Å². The van der Waals surface area contributed by atoms with E-state index in [0.717, 1.165) is 25.7 Å². The summed E-state index contributed by atoms with van der Waals surface area (Å²) in [4.78, 5) is 52.4. The van der Waals surface area contributed by atoms with Crippen LogP contribution in [0.25, 0.3) is 0 Å². The van der Waals surface area contributed by atoms with E-state index >= 15 is 0 Å². The Hall–Kier alpha value is -2.64. The highest BCUT2D eigenvalue weighted by atomic mass is 16.5. The van der Waals surface area contributed by atoms with Gasteiger partial charge in [-0.25, -0.2) is 4.79 Å². The Labute approximate surface area is 187 Å². The quantitative estimate of drug-likeness (QED) is 0.705. The van der Waals surface area contributed by atoms with E-state index in [0.29, 0.717) is 36.4 Å². The summed E-state index contributed by atoms with van der Waals surface area (Å²) < 4.78 is 6.83. The van der Waals surface area contributed by atoms with Crippen LogP contribution >= 0.6 is 0 Å². The van der Waals surface area contributed by atoms with Crippen LogP contribution in [0.4, 0.5) is 0 Å². The monoisotopic (exact) mass is 441 g/mol. The van der Waals surface area contributed by atoms with Crippen LogP contribution < -0.4 is 5.32 Å². The molecule has 1 saturated heterocycles. The van der Waals surface area contributed by atoms with E-state index in [2.05, 4.69) is 5.32 Å². The number of aromatic nitrogens is 1. The highest BCUT2D eigenvalue weighted by Crippen LogP contribution is 2.60. The van der Waals surface area contributed by atoms with Gasteiger partial charge in [-0.2, -0.15) is 0 Å². The van der Waals surface area contributed by atoms with Crippen LogP contribution in [0.5, 0.6) is 0 Å². The summed E-state index contributed by atoms with van der Waals surface area (Å²) in [6, 6.07) is 2.67. The molecule has 5 fully saturated rings. The first kappa shape index (κ1) is 21.2. The minimum atomic E-state index is -0.679. The highest BCUT2D eigenvalue weighted by Gasteiger charge is 2.57. The van der Waals surface area contributed by atoms with E-state index in [1.165, 1.54) is 19.3 Å². The van der Waals surface area contributed by atoms with Crippen molar-refractivity contribution in [2.45, 2.75) is 57.4 Å². The van der Waals surface area contributed by atoms with Crippen molar-refractivity contribution in [3.63, 3.8) is 0 Å². The topological polar surface area (TPSA) is 97.7 Å². The fourth-order valence-corrected chi connectivity index (χ4v) is 7.09. The molecule has 2 heterocycles. The van der Waals surface area contributed by atoms with Crippen LogP contribution in [0.1, 0.15) is 61.9 Å². The largest absolute Gasteiger partial charge is 0.454 e. The van der Waals surface area contributed by atoms with Crippen molar-refractivity contribution in [2.75, 3.05) is 13.2 Å². The Morgan fingerprint density at radius 3 is 2.34 bits per heavy atom. The predicted molar refractivity (Wildman–Crippen MR) is 114 cm³/mol. The van der Waals surface area contributed by atoms with Gasteiger partial charge in [0.2, 0.25) is 5.91 Å². The summed E-state index contributed by atoms with van der Waals surface area (Å²) in [5.41, 5.74) is 0.0454. The van der Waals surface area contributed by atoms with E-state index in [9.17, 15) is 19.2 Å². The molecule has 8 nitrogen and oxygen atoms in total. The van der Waals surface area contributed by atoms with Crippen molar-refractivity contribution in [1.29, 1.82) is 0 Å². The van der Waals surface area contributed by atoms with Crippen molar-refractivity contribution in [1.82, 2.24) is 14.8 Å². The van der Waals surface area contributed by atoms with E-state index in [1.807, 2.05) is 0 Å². The van der Waals surface area contributed by atoms with Crippen molar-refractivity contribution >= 4 is 23.7 Å². The summed E-state index contributed by atoms with van der Waals surface area (Å²) in [6.45, 7) is 0.0312. The second kappa shape index (κ2) is 8.05. The van der Waals surface area contributed by atoms with Gasteiger partial charge in [-0.1, -0.05) is 0 Å². The number of hydrogen-bond donors (Lipinski definition) is 1. The lowest BCUT2D eigenvalue weighted by atomic mass is 9.49. The van der Waals surface area contributed by atoms with Crippen molar-refractivity contribution in [3.05, 3.63) is 24.0 Å². The van der Waals surface area contributed by atoms with Gasteiger partial charge in [0.15, 0.2) is 6.61 Å². The molecule has 1 aromatic heterocycles. The van der Waals surface area contributed by atoms with Crippen LogP contribution in [0, 0.1) is 23.2 Å². The Kier molecular flexibility index (Phi) is 5.34. The summed E-state index contributed by atoms with van der Waals surface area (Å²) in [5.74, 6) is 0.317. The molecule has 172 valence electrons. The van der Waals surface area contributed by atoms with Crippen LogP contribution in [-0.2, 0) is 26.2 Å². The molecule has 1 unspecified atom stereocenters. The molecular weight excluding hydrogens is 410 g/mol. The normalized spacial score (nSPS) is 32.7. The Morgan fingerprint density at radius 1 is 1.09 bits per heavy atom. The fourth-order valence-electron chi connectivity index (χ4n) is 7.09. The molecule has 5 aliphatic rings. The maximum atomic E-state index is 13.7. The zero-order valence-electron chi connectivity index (χ0n) is 18.5. The Morgan fingerprint density at radius 2 is 1.75 bits per heavy atom. The average molecular weight is 442 g/mol. The van der Waals surface area contributed by atoms with Gasteiger partial charge in [-0.3, -0.25) is 19.7 Å². The van der Waals surface area contributed by atoms with Crippen molar-refractivity contribution in [3.8, 4) is 0 Å². The summed E-state index contributed by atoms with van der Waals surface area (Å²) >= 11 is 0. The third-order valence-corrected chi connectivity index (χ3v) is 8.05. The highest BCUT2D eigenvalue weighted by molar-refractivity contribution is 6.04. The van der Waals surface area contributed by atoms with Gasteiger partial charge < -0.3 is 14.2 Å². The van der Waals surface area contributed by atoms with Gasteiger partial charge in [-0.15, -0.1) is 0 Å². The van der Waals surface area contributed by atoms with Crippen LogP contribution in [0.2, 0.25) is 0 Å². The van der Waals surface area contributed by atoms with E-state index < -0.39 is 30.4 Å². The molecule has 1 atom stereocenters. The molecule has 0 spiro atoms. The van der Waals surface area contributed by atoms with Gasteiger partial charge in [-0.05, 0) is 81.3 Å². The maximum Gasteiger partial charge on any atom is 0.329 e. The zero-order chi connectivity index (χ0) is 22.5. The standard InChI is InChI=1S/C24H31N3O5/c1-26-6-2-4-18(26)21(29)25-20(28)14-32-22(30)19-5-3-7-27(19)23(31)24-11-15-8-16(12-24)10-17(9-15)13-24/h2,4,6,15-17,19H,3,5,7-14H2,1H3,(H,25,28,29). The average Bonchev–Trinajstić information content (AvgIpc) is 3.39. The molecule has 4 saturated carbocycles. The van der Waals surface area contributed by atoms with Gasteiger partial charge in [0, 0.05) is 19.8 Å². The molecule has 1 aliphatic heterocycles. The molecule has 4 bridgehead atoms. The first-order valence-corrected chi connectivity index (χ1v) is 11.8. The minimum absolute atomic E-state index is 0.124. The lowest BCUT2D eigenvalue weighted by Crippen LogP contribution is -2.56. The number of carbonyl (C=O) groups excluding carboxylic acids is 4. The number of aryl methyl sites for hydroxylation is 1. The second-order valence-corrected chi connectivity index (χ2v) is 10.3. The first-order valence-electron chi connectivity index (χ1n) is 11.8. The molecule has 6 rings (SSSR count). The predicted octanol–water partition coefficient (Wildman–Crippen LogP) is 2.03. The zero-order valence-corrected chi connectivity index (χ0v) is 18.5. The minimum Gasteiger partial charge on any atom is -0.454 e. The molecule has 8 heteroatoms. The first-order chi connectivity index (χ1) is 15.3. The Balaban J connectivity index is 1.18. The Bertz CT molecular complexity index is 916. The van der Waals surface area contributed by atoms with Gasteiger partial charge in [0.1, 0.15) is 11.7 Å². The summed E-state index contributed by atoms with van der Waals surface area (Å²) in [5, 5.41) is 2.24. The van der Waals surface area contributed by atoms with E-state index in [-0.39, 0.29) is 11.3 Å². The fraction of sp³-hybridized carbons (Fsp3) is 0.667. The summed E-state index contributed by atoms with van der Waals surface area (Å²) in [7, 11) is 1.70. The molecule has 1 aromatic rings. The number of amides is 3. The van der Waals surface area contributed by atoms with Crippen LogP contribution in [0.15, 0.2) is 18.3 Å². The smallest absolute Gasteiger partial charge is 0.329 e. The number of nitrogens with zero attached hydrogens (tertiary/aromatic N) is 2. The third-order valence-electron chi connectivity index (χ3n) is 8.05. The molecule has 0 radical (unpaired) electrons. The lowest BCUT2D eigenvalue weighted by Gasteiger charge is -2.56. The van der Waals surface area contributed by atoms with Gasteiger partial charge in [0.25, 0.3) is 11.8 Å². The van der Waals surface area contributed by atoms with Crippen molar-refractivity contribution < 1.29 is 23.9 Å². The third kappa shape index (κ3) is 3.73. The molecular formula is C24H31N3O5. The number of imide groups is 1. The summed E-state index contributed by atoms with van der Waals surface area (Å²) in [6.07, 6.45) is 9.67. The SMILES string of the molecule is Cn1cccc1C(=O)NC(=O)COC(=O)C1CCCN1C(=O)C12CC3CC(CC(C3)C1)C2. The maximum absolute atomic E-state index is 13.7. The lowest BCUT2D eigenvalue weighted by molar-refractivity contribution is -0.166. The molecule has 32 heavy (non-hydrogen) atoms. The van der Waals surface area contributed by atoms with Gasteiger partial charge in [0.05, 0.1) is 5.41 Å². The number of ether oxygens (including phenoxy) is 1. The molecule has 3 amide bonds. The molecule has 1 N–H and O–H groups in total. The number of carbonyl (C=O) groups is 4. The van der Waals surface area contributed by atoms with E-state index in [4.69, 9.17) is 4.74 Å². The van der Waals surface area contributed by atoms with E-state index in [1.54, 1.807) is 34.8 Å². The number of likely N-dealkylation sites (tertiary alicyclic amines) is 1. The number of esters is 1. The number of nitrogens with one attached hydrogen (secondary N) is 1. The van der Waals surface area contributed by atoms with Gasteiger partial charge >= 0.3 is 5.97 Å². The second-order valence-electron chi connectivity index (χ2n) is 10.3. The molecule has 0 aromatic carbocycles.